The van der Waals surface area contributed by atoms with E-state index in [1.807, 2.05) is 4.98 Å². The molecule has 0 amide bonds. The minimum absolute atomic E-state index is 0.263. The molecule has 0 fully saturated rings. The number of H-pyrrole nitrogens is 1. The summed E-state index contributed by atoms with van der Waals surface area (Å²) in [5, 5.41) is 0. The van der Waals surface area contributed by atoms with Crippen molar-refractivity contribution in [1.29, 1.82) is 0 Å². The molecule has 2 heterocycles. The maximum absolute atomic E-state index is 12.5. The number of alkyl halides is 3. The number of aromatic amines is 1. The van der Waals surface area contributed by atoms with Gasteiger partial charge in [0.25, 0.3) is 5.56 Å². The molecule has 2 aromatic heterocycles. The SMILES string of the molecule is Cn1c(N)c(-c2ncc(C(F)(F)F)[nH]2)c(=O)n(C)c1=O. The van der Waals surface area contributed by atoms with Gasteiger partial charge in [0.15, 0.2) is 0 Å². The number of hydrogen-bond donors (Lipinski definition) is 2. The molecule has 2 rings (SSSR count). The second kappa shape index (κ2) is 4.25. The molecule has 108 valence electrons. The smallest absolute Gasteiger partial charge is 0.384 e. The van der Waals surface area contributed by atoms with Crippen LogP contribution in [0.3, 0.4) is 0 Å². The van der Waals surface area contributed by atoms with Gasteiger partial charge in [0.05, 0.1) is 6.20 Å². The lowest BCUT2D eigenvalue weighted by Gasteiger charge is -2.09. The van der Waals surface area contributed by atoms with E-state index in [4.69, 9.17) is 5.73 Å². The second-order valence-corrected chi connectivity index (χ2v) is 4.11. The van der Waals surface area contributed by atoms with Gasteiger partial charge in [0.1, 0.15) is 22.9 Å². The van der Waals surface area contributed by atoms with Crippen molar-refractivity contribution in [1.82, 2.24) is 19.1 Å². The lowest BCUT2D eigenvalue weighted by molar-refractivity contribution is -0.140. The van der Waals surface area contributed by atoms with Gasteiger partial charge in [-0.3, -0.25) is 13.9 Å². The Morgan fingerprint density at radius 2 is 1.85 bits per heavy atom. The molecule has 2 aromatic rings. The van der Waals surface area contributed by atoms with Crippen LogP contribution in [0.1, 0.15) is 5.69 Å². The van der Waals surface area contributed by atoms with Crippen molar-refractivity contribution in [2.75, 3.05) is 5.73 Å². The fourth-order valence-electron chi connectivity index (χ4n) is 1.67. The van der Waals surface area contributed by atoms with Crippen LogP contribution in [0.5, 0.6) is 0 Å². The summed E-state index contributed by atoms with van der Waals surface area (Å²) < 4.78 is 39.2. The minimum Gasteiger partial charge on any atom is -0.384 e. The number of nitrogens with one attached hydrogen (secondary N) is 1. The van der Waals surface area contributed by atoms with E-state index in [0.717, 1.165) is 9.13 Å². The standard InChI is InChI=1S/C10H10F3N5O2/c1-17-6(14)5(8(19)18(2)9(17)20)7-15-3-4(16-7)10(11,12)13/h3H,14H2,1-2H3,(H,15,16). The summed E-state index contributed by atoms with van der Waals surface area (Å²) in [4.78, 5) is 29.0. The quantitative estimate of drug-likeness (QED) is 0.776. The minimum atomic E-state index is -4.62. The van der Waals surface area contributed by atoms with Crippen LogP contribution in [-0.2, 0) is 20.3 Å². The Morgan fingerprint density at radius 1 is 1.25 bits per heavy atom. The summed E-state index contributed by atoms with van der Waals surface area (Å²) in [6.45, 7) is 0. The van der Waals surface area contributed by atoms with Crippen LogP contribution in [0, 0.1) is 0 Å². The zero-order valence-corrected chi connectivity index (χ0v) is 10.4. The zero-order chi connectivity index (χ0) is 15.2. The fourth-order valence-corrected chi connectivity index (χ4v) is 1.67. The predicted molar refractivity (Wildman–Crippen MR) is 63.9 cm³/mol. The van der Waals surface area contributed by atoms with Gasteiger partial charge < -0.3 is 10.7 Å². The van der Waals surface area contributed by atoms with Gasteiger partial charge >= 0.3 is 11.9 Å². The third kappa shape index (κ3) is 1.98. The number of anilines is 1. The largest absolute Gasteiger partial charge is 0.432 e. The molecule has 0 aromatic carbocycles. The number of aromatic nitrogens is 4. The Labute approximate surface area is 109 Å². The Bertz CT molecular complexity index is 784. The van der Waals surface area contributed by atoms with Crippen molar-refractivity contribution in [3.8, 4) is 11.4 Å². The molecular weight excluding hydrogens is 279 g/mol. The first-order chi connectivity index (χ1) is 9.14. The van der Waals surface area contributed by atoms with Crippen molar-refractivity contribution in [2.24, 2.45) is 14.1 Å². The van der Waals surface area contributed by atoms with E-state index in [-0.39, 0.29) is 17.2 Å². The van der Waals surface area contributed by atoms with E-state index in [2.05, 4.69) is 4.98 Å². The van der Waals surface area contributed by atoms with Gasteiger partial charge in [-0.15, -0.1) is 0 Å². The van der Waals surface area contributed by atoms with Crippen LogP contribution >= 0.6 is 0 Å². The van der Waals surface area contributed by atoms with Gasteiger partial charge in [-0.25, -0.2) is 9.78 Å². The molecule has 20 heavy (non-hydrogen) atoms. The van der Waals surface area contributed by atoms with Crippen LogP contribution in [0.2, 0.25) is 0 Å². The molecule has 0 radical (unpaired) electrons. The number of nitrogen functional groups attached to an aromatic ring is 1. The molecule has 0 saturated heterocycles. The lowest BCUT2D eigenvalue weighted by atomic mass is 10.3. The van der Waals surface area contributed by atoms with E-state index >= 15 is 0 Å². The van der Waals surface area contributed by atoms with Crippen molar-refractivity contribution in [3.63, 3.8) is 0 Å². The summed E-state index contributed by atoms with van der Waals surface area (Å²) in [7, 11) is 2.50. The van der Waals surface area contributed by atoms with E-state index in [1.165, 1.54) is 14.1 Å². The van der Waals surface area contributed by atoms with Gasteiger partial charge in [-0.05, 0) is 0 Å². The molecule has 0 bridgehead atoms. The van der Waals surface area contributed by atoms with Crippen molar-refractivity contribution in [2.45, 2.75) is 6.18 Å². The second-order valence-electron chi connectivity index (χ2n) is 4.11. The first kappa shape index (κ1) is 13.9. The third-order valence-electron chi connectivity index (χ3n) is 2.83. The van der Waals surface area contributed by atoms with E-state index < -0.39 is 23.1 Å². The Balaban J connectivity index is 2.75. The van der Waals surface area contributed by atoms with Gasteiger partial charge in [-0.1, -0.05) is 0 Å². The monoisotopic (exact) mass is 289 g/mol. The average Bonchev–Trinajstić information content (AvgIpc) is 2.83. The maximum atomic E-state index is 12.5. The summed E-state index contributed by atoms with van der Waals surface area (Å²) in [5.41, 5.74) is 2.71. The highest BCUT2D eigenvalue weighted by molar-refractivity contribution is 5.67. The molecule has 0 atom stereocenters. The molecule has 0 saturated carbocycles. The number of nitrogens with two attached hydrogens (primary N) is 1. The topological polar surface area (TPSA) is 98.7 Å². The molecule has 7 nitrogen and oxygen atoms in total. The van der Waals surface area contributed by atoms with Crippen molar-refractivity contribution in [3.05, 3.63) is 32.7 Å². The number of hydrogen-bond acceptors (Lipinski definition) is 4. The summed E-state index contributed by atoms with van der Waals surface area (Å²) in [5.74, 6) is -0.604. The Kier molecular flexibility index (Phi) is 2.95. The molecule has 0 aliphatic carbocycles. The van der Waals surface area contributed by atoms with E-state index in [9.17, 15) is 22.8 Å². The normalized spacial score (nSPS) is 11.8. The highest BCUT2D eigenvalue weighted by atomic mass is 19.4. The number of halogens is 3. The third-order valence-corrected chi connectivity index (χ3v) is 2.83. The first-order valence-electron chi connectivity index (χ1n) is 5.32. The highest BCUT2D eigenvalue weighted by Crippen LogP contribution is 2.29. The number of imidazole rings is 1. The van der Waals surface area contributed by atoms with Crippen molar-refractivity contribution >= 4 is 5.82 Å². The molecule has 0 unspecified atom stereocenters. The Hall–Kier alpha value is -2.52. The summed E-state index contributed by atoms with van der Waals surface area (Å²) in [6.07, 6.45) is -4.06. The van der Waals surface area contributed by atoms with Gasteiger partial charge in [0.2, 0.25) is 0 Å². The zero-order valence-electron chi connectivity index (χ0n) is 10.4. The first-order valence-corrected chi connectivity index (χ1v) is 5.32. The molecule has 3 N–H and O–H groups in total. The van der Waals surface area contributed by atoms with Gasteiger partial charge in [-0.2, -0.15) is 13.2 Å². The summed E-state index contributed by atoms with van der Waals surface area (Å²) >= 11 is 0. The van der Waals surface area contributed by atoms with Crippen LogP contribution in [0.25, 0.3) is 11.4 Å². The van der Waals surface area contributed by atoms with Crippen LogP contribution in [0.15, 0.2) is 15.8 Å². The molecular formula is C10H10F3N5O2. The number of nitrogens with zero attached hydrogens (tertiary/aromatic N) is 3. The number of rotatable bonds is 1. The fraction of sp³-hybridized carbons (Fsp3) is 0.300. The van der Waals surface area contributed by atoms with Crippen molar-refractivity contribution < 1.29 is 13.2 Å². The predicted octanol–water partition coefficient (Wildman–Crippen LogP) is 0.0751. The van der Waals surface area contributed by atoms with E-state index in [0.29, 0.717) is 6.20 Å². The Morgan fingerprint density at radius 3 is 2.35 bits per heavy atom. The maximum Gasteiger partial charge on any atom is 0.432 e. The molecule has 0 aliphatic rings. The molecule has 0 spiro atoms. The summed E-state index contributed by atoms with van der Waals surface area (Å²) in [6, 6.07) is 0. The highest BCUT2D eigenvalue weighted by Gasteiger charge is 2.33. The average molecular weight is 289 g/mol. The van der Waals surface area contributed by atoms with Gasteiger partial charge in [0, 0.05) is 14.1 Å². The lowest BCUT2D eigenvalue weighted by Crippen LogP contribution is -2.39. The van der Waals surface area contributed by atoms with Crippen LogP contribution in [-0.4, -0.2) is 19.1 Å². The molecule has 0 aliphatic heterocycles. The van der Waals surface area contributed by atoms with Crippen LogP contribution in [0.4, 0.5) is 19.0 Å². The van der Waals surface area contributed by atoms with Crippen LogP contribution < -0.4 is 17.0 Å². The molecule has 10 heteroatoms. The van der Waals surface area contributed by atoms with E-state index in [1.54, 1.807) is 0 Å².